The number of carboxylic acid groups (broad SMARTS) is 1. The molecule has 6 nitrogen and oxygen atoms in total. The van der Waals surface area contributed by atoms with Crippen LogP contribution in [0.2, 0.25) is 0 Å². The number of rotatable bonds is 6. The van der Waals surface area contributed by atoms with E-state index in [9.17, 15) is 4.79 Å². The maximum atomic E-state index is 10.8. The minimum Gasteiger partial charge on any atom is -0.481 e. The van der Waals surface area contributed by atoms with Crippen molar-refractivity contribution in [1.82, 2.24) is 14.8 Å². The maximum Gasteiger partial charge on any atom is 0.313 e. The van der Waals surface area contributed by atoms with Crippen molar-refractivity contribution < 1.29 is 14.6 Å². The summed E-state index contributed by atoms with van der Waals surface area (Å²) in [5, 5.41) is 17.4. The highest BCUT2D eigenvalue weighted by Gasteiger charge is 2.13. The van der Waals surface area contributed by atoms with Gasteiger partial charge in [-0.3, -0.25) is 9.36 Å². The van der Waals surface area contributed by atoms with Crippen molar-refractivity contribution >= 4 is 17.7 Å². The van der Waals surface area contributed by atoms with Crippen molar-refractivity contribution in [3.63, 3.8) is 0 Å². The van der Waals surface area contributed by atoms with Crippen LogP contribution in [0.15, 0.2) is 59.8 Å². The molecule has 1 heterocycles. The number of hydrogen-bond acceptors (Lipinski definition) is 5. The highest BCUT2D eigenvalue weighted by molar-refractivity contribution is 7.99. The van der Waals surface area contributed by atoms with Crippen molar-refractivity contribution in [2.75, 3.05) is 5.75 Å². The van der Waals surface area contributed by atoms with E-state index < -0.39 is 5.97 Å². The van der Waals surface area contributed by atoms with Crippen LogP contribution >= 0.6 is 11.8 Å². The number of ether oxygens (including phenoxy) is 1. The lowest BCUT2D eigenvalue weighted by Crippen LogP contribution is -2.03. The predicted octanol–water partition coefficient (Wildman–Crippen LogP) is 3.54. The van der Waals surface area contributed by atoms with Gasteiger partial charge in [-0.25, -0.2) is 0 Å². The van der Waals surface area contributed by atoms with Crippen molar-refractivity contribution in [3.05, 3.63) is 60.4 Å². The topological polar surface area (TPSA) is 77.2 Å². The molecule has 7 heteroatoms. The quantitative estimate of drug-likeness (QED) is 0.691. The van der Waals surface area contributed by atoms with Crippen molar-refractivity contribution in [2.24, 2.45) is 0 Å². The van der Waals surface area contributed by atoms with E-state index in [0.717, 1.165) is 28.9 Å². The summed E-state index contributed by atoms with van der Waals surface area (Å²) in [7, 11) is 0. The highest BCUT2D eigenvalue weighted by Crippen LogP contribution is 2.25. The Labute approximate surface area is 143 Å². The summed E-state index contributed by atoms with van der Waals surface area (Å²) in [5.41, 5.74) is 0.853. The average Bonchev–Trinajstić information content (AvgIpc) is 2.95. The molecular formula is C17H15N3O3S. The van der Waals surface area contributed by atoms with Gasteiger partial charge in [0.15, 0.2) is 5.16 Å². The van der Waals surface area contributed by atoms with Crippen LogP contribution in [-0.4, -0.2) is 31.6 Å². The molecule has 0 atom stereocenters. The van der Waals surface area contributed by atoms with Crippen LogP contribution in [0.5, 0.6) is 11.5 Å². The molecule has 0 saturated carbocycles. The van der Waals surface area contributed by atoms with E-state index in [1.165, 1.54) is 0 Å². The molecule has 0 unspecified atom stereocenters. The van der Waals surface area contributed by atoms with Gasteiger partial charge in [0.1, 0.15) is 17.3 Å². The smallest absolute Gasteiger partial charge is 0.313 e. The Balaban J connectivity index is 1.81. The largest absolute Gasteiger partial charge is 0.481 e. The molecule has 2 aromatic carbocycles. The molecule has 0 aliphatic rings. The summed E-state index contributed by atoms with van der Waals surface area (Å²) in [6, 6.07) is 17.0. The lowest BCUT2D eigenvalue weighted by Gasteiger charge is -2.10. The summed E-state index contributed by atoms with van der Waals surface area (Å²) in [4.78, 5) is 10.8. The second-order valence-electron chi connectivity index (χ2n) is 4.96. The summed E-state index contributed by atoms with van der Waals surface area (Å²) in [6.45, 7) is 1.83. The molecule has 122 valence electrons. The third kappa shape index (κ3) is 3.75. The van der Waals surface area contributed by atoms with Gasteiger partial charge in [-0.1, -0.05) is 30.0 Å². The highest BCUT2D eigenvalue weighted by atomic mass is 32.2. The minimum atomic E-state index is -0.890. The molecule has 0 radical (unpaired) electrons. The number of aryl methyl sites for hydroxylation is 1. The first-order valence-electron chi connectivity index (χ1n) is 7.23. The zero-order valence-corrected chi connectivity index (χ0v) is 13.7. The minimum absolute atomic E-state index is 0.0622. The van der Waals surface area contributed by atoms with Gasteiger partial charge in [-0.2, -0.15) is 0 Å². The Morgan fingerprint density at radius 2 is 1.75 bits per heavy atom. The average molecular weight is 341 g/mol. The van der Waals surface area contributed by atoms with Gasteiger partial charge in [0, 0.05) is 5.69 Å². The third-order valence-corrected chi connectivity index (χ3v) is 4.11. The van der Waals surface area contributed by atoms with E-state index in [4.69, 9.17) is 9.84 Å². The van der Waals surface area contributed by atoms with Crippen LogP contribution in [0.4, 0.5) is 0 Å². The van der Waals surface area contributed by atoms with Crippen LogP contribution in [0.25, 0.3) is 5.69 Å². The monoisotopic (exact) mass is 341 g/mol. The van der Waals surface area contributed by atoms with E-state index in [1.54, 1.807) is 0 Å². The van der Waals surface area contributed by atoms with Crippen molar-refractivity contribution in [2.45, 2.75) is 12.1 Å². The molecule has 24 heavy (non-hydrogen) atoms. The van der Waals surface area contributed by atoms with Gasteiger partial charge in [-0.15, -0.1) is 10.2 Å². The van der Waals surface area contributed by atoms with E-state index in [-0.39, 0.29) is 5.75 Å². The van der Waals surface area contributed by atoms with Gasteiger partial charge >= 0.3 is 5.97 Å². The number of aliphatic carboxylic acids is 1. The second kappa shape index (κ2) is 7.18. The summed E-state index contributed by atoms with van der Waals surface area (Å²) < 4.78 is 7.59. The van der Waals surface area contributed by atoms with Crippen LogP contribution in [0.3, 0.4) is 0 Å². The first kappa shape index (κ1) is 16.1. The van der Waals surface area contributed by atoms with E-state index in [2.05, 4.69) is 10.2 Å². The molecule has 1 aromatic heterocycles. The number of benzene rings is 2. The third-order valence-electron chi connectivity index (χ3n) is 3.19. The number of para-hydroxylation sites is 1. The number of aromatic nitrogens is 3. The molecule has 0 bridgehead atoms. The van der Waals surface area contributed by atoms with Crippen molar-refractivity contribution in [1.29, 1.82) is 0 Å². The molecule has 3 aromatic rings. The van der Waals surface area contributed by atoms with Gasteiger partial charge in [-0.05, 0) is 43.3 Å². The lowest BCUT2D eigenvalue weighted by atomic mass is 10.3. The predicted molar refractivity (Wildman–Crippen MR) is 91.0 cm³/mol. The van der Waals surface area contributed by atoms with E-state index in [1.807, 2.05) is 66.1 Å². The summed E-state index contributed by atoms with van der Waals surface area (Å²) in [6.07, 6.45) is 0. The Bertz CT molecular complexity index is 832. The maximum absolute atomic E-state index is 10.8. The zero-order valence-electron chi connectivity index (χ0n) is 12.9. The molecule has 0 aliphatic carbocycles. The number of nitrogens with zero attached hydrogens (tertiary/aromatic N) is 3. The molecule has 0 aliphatic heterocycles. The number of carboxylic acids is 1. The van der Waals surface area contributed by atoms with Gasteiger partial charge in [0.05, 0.1) is 5.75 Å². The van der Waals surface area contributed by atoms with Gasteiger partial charge < -0.3 is 9.84 Å². The first-order valence-corrected chi connectivity index (χ1v) is 8.22. The molecule has 0 fully saturated rings. The standard InChI is InChI=1S/C17H15N3O3S/c1-12-18-19-17(24-11-16(21)22)20(12)13-7-9-15(10-8-13)23-14-5-3-2-4-6-14/h2-10H,11H2,1H3,(H,21,22). The number of thioether (sulfide) groups is 1. The van der Waals surface area contributed by atoms with Crippen molar-refractivity contribution in [3.8, 4) is 17.2 Å². The fourth-order valence-corrected chi connectivity index (χ4v) is 2.87. The number of hydrogen-bond donors (Lipinski definition) is 1. The summed E-state index contributed by atoms with van der Waals surface area (Å²) >= 11 is 1.14. The van der Waals surface area contributed by atoms with Gasteiger partial charge in [0.25, 0.3) is 0 Å². The Kier molecular flexibility index (Phi) is 4.81. The second-order valence-corrected chi connectivity index (χ2v) is 5.90. The fraction of sp³-hybridized carbons (Fsp3) is 0.118. The Hall–Kier alpha value is -2.80. The molecular weight excluding hydrogens is 326 g/mol. The molecule has 3 rings (SSSR count). The van der Waals surface area contributed by atoms with Crippen LogP contribution in [0, 0.1) is 6.92 Å². The lowest BCUT2D eigenvalue weighted by molar-refractivity contribution is -0.133. The summed E-state index contributed by atoms with van der Waals surface area (Å²) in [5.74, 6) is 1.23. The number of carbonyl (C=O) groups is 1. The molecule has 0 saturated heterocycles. The molecule has 1 N–H and O–H groups in total. The molecule has 0 amide bonds. The van der Waals surface area contributed by atoms with Crippen LogP contribution < -0.4 is 4.74 Å². The Morgan fingerprint density at radius 3 is 2.42 bits per heavy atom. The Morgan fingerprint density at radius 1 is 1.08 bits per heavy atom. The normalized spacial score (nSPS) is 10.5. The first-order chi connectivity index (χ1) is 11.6. The molecule has 0 spiro atoms. The van der Waals surface area contributed by atoms with E-state index in [0.29, 0.717) is 11.0 Å². The van der Waals surface area contributed by atoms with Crippen LogP contribution in [0.1, 0.15) is 5.82 Å². The van der Waals surface area contributed by atoms with Crippen LogP contribution in [-0.2, 0) is 4.79 Å². The van der Waals surface area contributed by atoms with Gasteiger partial charge in [0.2, 0.25) is 0 Å². The zero-order chi connectivity index (χ0) is 16.9. The SMILES string of the molecule is Cc1nnc(SCC(=O)O)n1-c1ccc(Oc2ccccc2)cc1. The van der Waals surface area contributed by atoms with E-state index >= 15 is 0 Å². The fourth-order valence-electron chi connectivity index (χ4n) is 2.15.